The fraction of sp³-hybridized carbons (Fsp3) is 0.804. The highest BCUT2D eigenvalue weighted by Gasteiger charge is 2.21. The van der Waals surface area contributed by atoms with E-state index in [1.165, 1.54) is 83.5 Å². The summed E-state index contributed by atoms with van der Waals surface area (Å²) in [5.41, 5.74) is 0. The van der Waals surface area contributed by atoms with Gasteiger partial charge < -0.3 is 33.3 Å². The first-order chi connectivity index (χ1) is 26.6. The number of nitrogens with zero attached hydrogens (tertiary/aromatic N) is 1. The lowest BCUT2D eigenvalue weighted by Crippen LogP contribution is -2.44. The summed E-state index contributed by atoms with van der Waals surface area (Å²) in [5.74, 6) is -2.29. The van der Waals surface area contributed by atoms with E-state index < -0.39 is 24.3 Å². The van der Waals surface area contributed by atoms with Crippen LogP contribution in [0.2, 0.25) is 0 Å². The van der Waals surface area contributed by atoms with E-state index in [0.29, 0.717) is 23.9 Å². The first-order valence-corrected chi connectivity index (χ1v) is 22.1. The van der Waals surface area contributed by atoms with Crippen LogP contribution >= 0.6 is 0 Å². The standard InChI is InChI=1S/C46H83NO8/c1-6-8-10-12-14-16-18-20-21-22-23-25-27-29-31-33-35-37-44(49)55-42(41-54-46(45(50)51)52-39-38-47(3,4)5)40-53-43(48)36-34-32-30-28-26-24-19-17-15-13-11-9-7-2/h8,10,14,16,20-21,42,46H,6-7,9,11-13,15,17-19,22-41H2,1-5H3/b10-8-,16-14-,21-20-. The lowest BCUT2D eigenvalue weighted by molar-refractivity contribution is -0.870. The second-order valence-electron chi connectivity index (χ2n) is 16.0. The van der Waals surface area contributed by atoms with Gasteiger partial charge in [0.2, 0.25) is 0 Å². The number of allylic oxidation sites excluding steroid dienone is 6. The summed E-state index contributed by atoms with van der Waals surface area (Å²) in [6, 6.07) is 0. The molecule has 0 aromatic heterocycles. The summed E-state index contributed by atoms with van der Waals surface area (Å²) in [4.78, 5) is 36.9. The van der Waals surface area contributed by atoms with Gasteiger partial charge in [-0.3, -0.25) is 9.59 Å². The molecule has 0 aromatic rings. The average molecular weight is 778 g/mol. The highest BCUT2D eigenvalue weighted by molar-refractivity contribution is 5.70. The van der Waals surface area contributed by atoms with Crippen molar-refractivity contribution in [2.45, 2.75) is 193 Å². The molecule has 0 rings (SSSR count). The van der Waals surface area contributed by atoms with Crippen LogP contribution < -0.4 is 5.11 Å². The number of carboxylic acid groups (broad SMARTS) is 1. The quantitative estimate of drug-likeness (QED) is 0.0199. The minimum atomic E-state index is -1.62. The van der Waals surface area contributed by atoms with Crippen LogP contribution in [0.25, 0.3) is 0 Å². The van der Waals surface area contributed by atoms with E-state index in [2.05, 4.69) is 50.3 Å². The Balaban J connectivity index is 4.45. The maximum absolute atomic E-state index is 12.7. The molecule has 9 heteroatoms. The van der Waals surface area contributed by atoms with Crippen LogP contribution in [0.3, 0.4) is 0 Å². The number of unbranched alkanes of at least 4 members (excludes halogenated alkanes) is 19. The molecule has 0 N–H and O–H groups in total. The molecule has 0 aliphatic carbocycles. The lowest BCUT2D eigenvalue weighted by atomic mass is 10.0. The molecule has 0 aliphatic rings. The SMILES string of the molecule is CC/C=C\C/C=C\C/C=C\CCCCCCCCCC(=O)OC(COC(=O)CCCCCCCCCCCCCCC)COC(OCC[N+](C)(C)C)C(=O)[O-]. The number of likely N-dealkylation sites (N-methyl/N-ethyl adjacent to an activating group) is 1. The van der Waals surface area contributed by atoms with Gasteiger partial charge in [-0.1, -0.05) is 159 Å². The molecular formula is C46H83NO8. The Morgan fingerprint density at radius 1 is 0.564 bits per heavy atom. The fourth-order valence-electron chi connectivity index (χ4n) is 5.96. The van der Waals surface area contributed by atoms with Crippen LogP contribution in [0, 0.1) is 0 Å². The van der Waals surface area contributed by atoms with Gasteiger partial charge in [-0.15, -0.1) is 0 Å². The monoisotopic (exact) mass is 778 g/mol. The van der Waals surface area contributed by atoms with Crippen LogP contribution in [-0.4, -0.2) is 82.3 Å². The molecule has 0 amide bonds. The molecule has 0 aromatic carbocycles. The molecule has 55 heavy (non-hydrogen) atoms. The molecule has 2 atom stereocenters. The fourth-order valence-corrected chi connectivity index (χ4v) is 5.96. The number of hydrogen-bond acceptors (Lipinski definition) is 8. The van der Waals surface area contributed by atoms with Gasteiger partial charge in [-0.25, -0.2) is 0 Å². The van der Waals surface area contributed by atoms with Gasteiger partial charge in [-0.2, -0.15) is 0 Å². The van der Waals surface area contributed by atoms with Crippen LogP contribution in [0.5, 0.6) is 0 Å². The largest absolute Gasteiger partial charge is 0.545 e. The van der Waals surface area contributed by atoms with Crippen molar-refractivity contribution in [1.82, 2.24) is 0 Å². The second-order valence-corrected chi connectivity index (χ2v) is 16.0. The first kappa shape index (κ1) is 52.5. The zero-order chi connectivity index (χ0) is 40.7. The van der Waals surface area contributed by atoms with E-state index in [1.807, 2.05) is 21.1 Å². The van der Waals surface area contributed by atoms with Crippen LogP contribution in [0.1, 0.15) is 181 Å². The number of quaternary nitrogens is 1. The first-order valence-electron chi connectivity index (χ1n) is 22.1. The third-order valence-electron chi connectivity index (χ3n) is 9.40. The number of carbonyl (C=O) groups is 3. The highest BCUT2D eigenvalue weighted by Crippen LogP contribution is 2.14. The van der Waals surface area contributed by atoms with Gasteiger partial charge in [0.15, 0.2) is 12.4 Å². The highest BCUT2D eigenvalue weighted by atomic mass is 16.7. The summed E-state index contributed by atoms with van der Waals surface area (Å²) >= 11 is 0. The van der Waals surface area contributed by atoms with Crippen molar-refractivity contribution in [3.8, 4) is 0 Å². The molecule has 320 valence electrons. The van der Waals surface area contributed by atoms with E-state index in [9.17, 15) is 19.5 Å². The molecule has 0 spiro atoms. The molecule has 0 bridgehead atoms. The Hall–Kier alpha value is -2.49. The van der Waals surface area contributed by atoms with Gasteiger partial charge in [0, 0.05) is 12.8 Å². The number of carbonyl (C=O) groups excluding carboxylic acids is 3. The molecule has 9 nitrogen and oxygen atoms in total. The van der Waals surface area contributed by atoms with Crippen LogP contribution in [0.15, 0.2) is 36.5 Å². The minimum Gasteiger partial charge on any atom is -0.545 e. The smallest absolute Gasteiger partial charge is 0.306 e. The van der Waals surface area contributed by atoms with Crippen molar-refractivity contribution >= 4 is 17.9 Å². The predicted molar refractivity (Wildman–Crippen MR) is 223 cm³/mol. The Kier molecular flexibility index (Phi) is 36.6. The van der Waals surface area contributed by atoms with Crippen molar-refractivity contribution in [2.24, 2.45) is 0 Å². The van der Waals surface area contributed by atoms with Crippen molar-refractivity contribution < 1.29 is 42.9 Å². The number of hydrogen-bond donors (Lipinski definition) is 0. The van der Waals surface area contributed by atoms with E-state index >= 15 is 0 Å². The van der Waals surface area contributed by atoms with Gasteiger partial charge in [-0.05, 0) is 44.9 Å². The summed E-state index contributed by atoms with van der Waals surface area (Å²) in [5, 5.41) is 11.7. The summed E-state index contributed by atoms with van der Waals surface area (Å²) in [7, 11) is 5.90. The van der Waals surface area contributed by atoms with E-state index in [4.69, 9.17) is 18.9 Å². The molecule has 0 fully saturated rings. The second kappa shape index (κ2) is 38.4. The molecule has 0 saturated heterocycles. The van der Waals surface area contributed by atoms with Crippen molar-refractivity contribution in [2.75, 3.05) is 47.5 Å². The maximum atomic E-state index is 12.7. The van der Waals surface area contributed by atoms with E-state index in [0.717, 1.165) is 64.2 Å². The van der Waals surface area contributed by atoms with Crippen molar-refractivity contribution in [3.63, 3.8) is 0 Å². The number of rotatable bonds is 40. The number of ether oxygens (including phenoxy) is 4. The van der Waals surface area contributed by atoms with Crippen LogP contribution in [0.4, 0.5) is 0 Å². The zero-order valence-electron chi connectivity index (χ0n) is 36.0. The molecule has 2 unspecified atom stereocenters. The van der Waals surface area contributed by atoms with Crippen LogP contribution in [-0.2, 0) is 33.3 Å². The molecular weight excluding hydrogens is 695 g/mol. The van der Waals surface area contributed by atoms with Gasteiger partial charge >= 0.3 is 11.9 Å². The molecule has 0 saturated carbocycles. The lowest BCUT2D eigenvalue weighted by Gasteiger charge is -2.26. The van der Waals surface area contributed by atoms with E-state index in [1.54, 1.807) is 0 Å². The van der Waals surface area contributed by atoms with Crippen molar-refractivity contribution in [1.29, 1.82) is 0 Å². The third-order valence-corrected chi connectivity index (χ3v) is 9.40. The predicted octanol–water partition coefficient (Wildman–Crippen LogP) is 10.1. The summed E-state index contributed by atoms with van der Waals surface area (Å²) < 4.78 is 22.5. The topological polar surface area (TPSA) is 111 Å². The third kappa shape index (κ3) is 39.5. The maximum Gasteiger partial charge on any atom is 0.306 e. The molecule has 0 radical (unpaired) electrons. The Bertz CT molecular complexity index is 1000. The van der Waals surface area contributed by atoms with Gasteiger partial charge in [0.25, 0.3) is 0 Å². The zero-order valence-corrected chi connectivity index (χ0v) is 36.0. The summed E-state index contributed by atoms with van der Waals surface area (Å²) in [6.07, 6.45) is 38.8. The molecule has 0 aliphatic heterocycles. The Morgan fingerprint density at radius 2 is 1.04 bits per heavy atom. The van der Waals surface area contributed by atoms with Crippen molar-refractivity contribution in [3.05, 3.63) is 36.5 Å². The van der Waals surface area contributed by atoms with Gasteiger partial charge in [0.1, 0.15) is 13.2 Å². The Morgan fingerprint density at radius 3 is 1.55 bits per heavy atom. The number of esters is 2. The minimum absolute atomic E-state index is 0.146. The average Bonchev–Trinajstić information content (AvgIpc) is 3.14. The summed E-state index contributed by atoms with van der Waals surface area (Å²) in [6.45, 7) is 4.61. The van der Waals surface area contributed by atoms with E-state index in [-0.39, 0.29) is 32.2 Å². The van der Waals surface area contributed by atoms with Gasteiger partial charge in [0.05, 0.1) is 40.3 Å². The Labute approximate surface area is 337 Å². The number of carboxylic acids is 1. The molecule has 0 heterocycles. The number of aliphatic carboxylic acids is 1. The normalized spacial score (nSPS) is 13.3.